The lowest BCUT2D eigenvalue weighted by Crippen LogP contribution is -2.47. The van der Waals surface area contributed by atoms with Gasteiger partial charge in [0.15, 0.2) is 5.82 Å². The van der Waals surface area contributed by atoms with Crippen molar-refractivity contribution >= 4 is 33.2 Å². The summed E-state index contributed by atoms with van der Waals surface area (Å²) < 4.78 is 27.0. The zero-order valence-electron chi connectivity index (χ0n) is 17.1. The molecule has 3 heterocycles. The average molecular weight is 417 g/mol. The van der Waals surface area contributed by atoms with Gasteiger partial charge in [0, 0.05) is 55.4 Å². The average Bonchev–Trinajstić information content (AvgIpc) is 2.70. The molecule has 0 saturated carbocycles. The van der Waals surface area contributed by atoms with E-state index in [0.29, 0.717) is 18.2 Å². The lowest BCUT2D eigenvalue weighted by atomic mass is 10.1. The minimum absolute atomic E-state index is 0.206. The Balaban J connectivity index is 1.57. The second-order valence-corrected chi connectivity index (χ2v) is 10.1. The van der Waals surface area contributed by atoms with Crippen molar-refractivity contribution in [2.24, 2.45) is 0 Å². The summed E-state index contributed by atoms with van der Waals surface area (Å²) in [6.45, 7) is 9.46. The van der Waals surface area contributed by atoms with E-state index in [4.69, 9.17) is 0 Å². The monoisotopic (exact) mass is 416 g/mol. The van der Waals surface area contributed by atoms with Gasteiger partial charge in [-0.05, 0) is 51.5 Å². The van der Waals surface area contributed by atoms with E-state index in [9.17, 15) is 8.42 Å². The largest absolute Gasteiger partial charge is 0.369 e. The lowest BCUT2D eigenvalue weighted by molar-refractivity contribution is 0.563. The lowest BCUT2D eigenvalue weighted by Gasteiger charge is -2.35. The van der Waals surface area contributed by atoms with Gasteiger partial charge in [-0.2, -0.15) is 4.98 Å². The van der Waals surface area contributed by atoms with Gasteiger partial charge in [0.1, 0.15) is 0 Å². The van der Waals surface area contributed by atoms with Crippen molar-refractivity contribution in [3.63, 3.8) is 0 Å². The fourth-order valence-corrected chi connectivity index (χ4v) is 5.63. The summed E-state index contributed by atoms with van der Waals surface area (Å²) in [6, 6.07) is 7.96. The van der Waals surface area contributed by atoms with Gasteiger partial charge in [-0.3, -0.25) is 4.31 Å². The van der Waals surface area contributed by atoms with Crippen molar-refractivity contribution in [2.45, 2.75) is 38.5 Å². The van der Waals surface area contributed by atoms with Crippen LogP contribution in [0.1, 0.15) is 26.3 Å². The zero-order chi connectivity index (χ0) is 20.6. The normalized spacial score (nSPS) is 21.2. The third-order valence-electron chi connectivity index (χ3n) is 5.42. The van der Waals surface area contributed by atoms with Gasteiger partial charge in [-0.1, -0.05) is 0 Å². The van der Waals surface area contributed by atoms with Gasteiger partial charge >= 0.3 is 0 Å². The summed E-state index contributed by atoms with van der Waals surface area (Å²) in [6.07, 6.45) is 2.17. The summed E-state index contributed by atoms with van der Waals surface area (Å²) in [5.74, 6) is 0.877. The standard InChI is InChI=1S/C20H28N6O2S/c1-14(2)26-19-16(12-15(3)29(26,27)28)13-22-20(24-19)23-17-4-6-18(7-5-17)25-10-8-21-9-11-25/h4-7,13-15,21H,8-12H2,1-3H3,(H,22,23,24). The molecule has 4 rings (SSSR count). The molecule has 9 heteroatoms. The van der Waals surface area contributed by atoms with Crippen molar-refractivity contribution in [1.29, 1.82) is 0 Å². The van der Waals surface area contributed by atoms with Crippen LogP contribution in [0.25, 0.3) is 0 Å². The van der Waals surface area contributed by atoms with E-state index >= 15 is 0 Å². The maximum atomic E-state index is 12.8. The Bertz CT molecular complexity index is 971. The van der Waals surface area contributed by atoms with E-state index in [-0.39, 0.29) is 6.04 Å². The molecule has 1 unspecified atom stereocenters. The molecule has 2 aliphatic rings. The van der Waals surface area contributed by atoms with E-state index in [1.807, 2.05) is 26.0 Å². The number of benzene rings is 1. The zero-order valence-corrected chi connectivity index (χ0v) is 17.9. The first-order chi connectivity index (χ1) is 13.9. The van der Waals surface area contributed by atoms with Crippen molar-refractivity contribution in [3.8, 4) is 0 Å². The molecule has 2 N–H and O–H groups in total. The van der Waals surface area contributed by atoms with E-state index in [0.717, 1.165) is 37.4 Å². The first-order valence-electron chi connectivity index (χ1n) is 10.1. The van der Waals surface area contributed by atoms with E-state index in [1.165, 1.54) is 9.99 Å². The molecule has 0 aliphatic carbocycles. The molecule has 156 valence electrons. The number of hydrogen-bond donors (Lipinski definition) is 2. The third kappa shape index (κ3) is 3.89. The van der Waals surface area contributed by atoms with Crippen LogP contribution in [-0.2, 0) is 16.4 Å². The highest BCUT2D eigenvalue weighted by molar-refractivity contribution is 7.93. The molecule has 1 aromatic heterocycles. The number of nitrogens with zero attached hydrogens (tertiary/aromatic N) is 4. The highest BCUT2D eigenvalue weighted by atomic mass is 32.2. The highest BCUT2D eigenvalue weighted by Gasteiger charge is 2.38. The molecule has 1 saturated heterocycles. The van der Waals surface area contributed by atoms with Gasteiger partial charge in [0.05, 0.1) is 5.25 Å². The van der Waals surface area contributed by atoms with Crippen molar-refractivity contribution in [2.75, 3.05) is 40.7 Å². The number of hydrogen-bond acceptors (Lipinski definition) is 7. The molecular weight excluding hydrogens is 388 g/mol. The quantitative estimate of drug-likeness (QED) is 0.789. The smallest absolute Gasteiger partial charge is 0.239 e. The van der Waals surface area contributed by atoms with Crippen LogP contribution in [0.4, 0.5) is 23.1 Å². The highest BCUT2D eigenvalue weighted by Crippen LogP contribution is 2.33. The Labute approximate surface area is 172 Å². The molecular formula is C20H28N6O2S. The number of nitrogens with one attached hydrogen (secondary N) is 2. The number of piperazine rings is 1. The minimum Gasteiger partial charge on any atom is -0.369 e. The predicted molar refractivity (Wildman–Crippen MR) is 117 cm³/mol. The maximum absolute atomic E-state index is 12.8. The minimum atomic E-state index is -3.42. The van der Waals surface area contributed by atoms with Crippen LogP contribution in [0.5, 0.6) is 0 Å². The Kier molecular flexibility index (Phi) is 5.35. The summed E-state index contributed by atoms with van der Waals surface area (Å²) in [5, 5.41) is 6.09. The van der Waals surface area contributed by atoms with Crippen LogP contribution >= 0.6 is 0 Å². The fourth-order valence-electron chi connectivity index (χ4n) is 3.87. The molecule has 29 heavy (non-hydrogen) atoms. The van der Waals surface area contributed by atoms with E-state index < -0.39 is 15.3 Å². The summed E-state index contributed by atoms with van der Waals surface area (Å²) in [5.41, 5.74) is 2.92. The van der Waals surface area contributed by atoms with Crippen molar-refractivity contribution < 1.29 is 8.42 Å². The summed E-state index contributed by atoms with van der Waals surface area (Å²) >= 11 is 0. The van der Waals surface area contributed by atoms with Gasteiger partial charge in [-0.25, -0.2) is 13.4 Å². The van der Waals surface area contributed by atoms with Crippen LogP contribution in [0, 0.1) is 0 Å². The second-order valence-electron chi connectivity index (χ2n) is 7.90. The second kappa shape index (κ2) is 7.79. The number of sulfonamides is 1. The number of anilines is 4. The molecule has 0 spiro atoms. The molecule has 2 aliphatic heterocycles. The number of rotatable bonds is 4. The molecule has 0 radical (unpaired) electrons. The molecule has 0 amide bonds. The van der Waals surface area contributed by atoms with Gasteiger partial charge < -0.3 is 15.5 Å². The van der Waals surface area contributed by atoms with Crippen LogP contribution in [0.3, 0.4) is 0 Å². The van der Waals surface area contributed by atoms with Crippen LogP contribution in [-0.4, -0.2) is 55.9 Å². The van der Waals surface area contributed by atoms with Gasteiger partial charge in [-0.15, -0.1) is 0 Å². The van der Waals surface area contributed by atoms with Gasteiger partial charge in [0.2, 0.25) is 16.0 Å². The number of aromatic nitrogens is 2. The van der Waals surface area contributed by atoms with Crippen molar-refractivity contribution in [3.05, 3.63) is 36.0 Å². The Morgan fingerprint density at radius 2 is 1.86 bits per heavy atom. The van der Waals surface area contributed by atoms with Crippen molar-refractivity contribution in [1.82, 2.24) is 15.3 Å². The fraction of sp³-hybridized carbons (Fsp3) is 0.500. The molecule has 1 aromatic carbocycles. The Morgan fingerprint density at radius 3 is 2.52 bits per heavy atom. The van der Waals surface area contributed by atoms with E-state index in [1.54, 1.807) is 13.1 Å². The van der Waals surface area contributed by atoms with Crippen LogP contribution in [0.2, 0.25) is 0 Å². The predicted octanol–water partition coefficient (Wildman–Crippen LogP) is 2.12. The molecule has 0 bridgehead atoms. The number of fused-ring (bicyclic) bond motifs is 1. The van der Waals surface area contributed by atoms with Crippen LogP contribution in [0.15, 0.2) is 30.5 Å². The Hall–Kier alpha value is -2.39. The SMILES string of the molecule is CC(C)N1c2nc(Nc3ccc(N4CCNCC4)cc3)ncc2CC(C)S1(=O)=O. The topological polar surface area (TPSA) is 90.5 Å². The maximum Gasteiger partial charge on any atom is 0.239 e. The molecule has 1 fully saturated rings. The molecule has 2 aromatic rings. The first-order valence-corrected chi connectivity index (χ1v) is 11.6. The third-order valence-corrected chi connectivity index (χ3v) is 7.74. The molecule has 8 nitrogen and oxygen atoms in total. The summed E-state index contributed by atoms with van der Waals surface area (Å²) in [7, 11) is -3.42. The van der Waals surface area contributed by atoms with Gasteiger partial charge in [0.25, 0.3) is 0 Å². The van der Waals surface area contributed by atoms with Crippen LogP contribution < -0.4 is 19.8 Å². The molecule has 1 atom stereocenters. The summed E-state index contributed by atoms with van der Waals surface area (Å²) in [4.78, 5) is 11.3. The van der Waals surface area contributed by atoms with E-state index in [2.05, 4.69) is 37.6 Å². The Morgan fingerprint density at radius 1 is 1.17 bits per heavy atom. The first kappa shape index (κ1) is 19.9.